The zero-order valence-electron chi connectivity index (χ0n) is 9.68. The van der Waals surface area contributed by atoms with Crippen LogP contribution in [0.25, 0.3) is 0 Å². The zero-order chi connectivity index (χ0) is 10.6. The number of nitrogens with one attached hydrogen (secondary N) is 1. The standard InChI is InChI=1S/C12H23NO/c1-9-6-10(2)8-11(7-9)12(14)4-5-13-3/h9-11,13H,4-8H2,1-3H3. The highest BCUT2D eigenvalue weighted by Crippen LogP contribution is 2.33. The van der Waals surface area contributed by atoms with Crippen molar-refractivity contribution in [1.29, 1.82) is 0 Å². The van der Waals surface area contributed by atoms with Crippen molar-refractivity contribution in [3.8, 4) is 0 Å². The molecule has 0 aliphatic heterocycles. The zero-order valence-corrected chi connectivity index (χ0v) is 9.68. The van der Waals surface area contributed by atoms with E-state index in [0.29, 0.717) is 18.1 Å². The number of ketones is 1. The molecule has 1 fully saturated rings. The summed E-state index contributed by atoms with van der Waals surface area (Å²) >= 11 is 0. The van der Waals surface area contributed by atoms with Crippen molar-refractivity contribution in [2.75, 3.05) is 13.6 Å². The lowest BCUT2D eigenvalue weighted by atomic mass is 9.74. The minimum Gasteiger partial charge on any atom is -0.319 e. The molecule has 1 aliphatic rings. The third-order valence-electron chi connectivity index (χ3n) is 3.26. The van der Waals surface area contributed by atoms with Gasteiger partial charge in [-0.2, -0.15) is 0 Å². The second-order valence-electron chi connectivity index (χ2n) is 4.93. The third-order valence-corrected chi connectivity index (χ3v) is 3.26. The molecule has 82 valence electrons. The summed E-state index contributed by atoms with van der Waals surface area (Å²) in [5.74, 6) is 2.30. The lowest BCUT2D eigenvalue weighted by Gasteiger charge is -2.30. The van der Waals surface area contributed by atoms with E-state index in [9.17, 15) is 4.79 Å². The molecule has 0 saturated heterocycles. The summed E-state index contributed by atoms with van der Waals surface area (Å²) in [5, 5.41) is 3.04. The summed E-state index contributed by atoms with van der Waals surface area (Å²) in [6.45, 7) is 5.38. The maximum absolute atomic E-state index is 11.8. The second-order valence-corrected chi connectivity index (χ2v) is 4.93. The first-order valence-corrected chi connectivity index (χ1v) is 5.80. The third kappa shape index (κ3) is 3.41. The van der Waals surface area contributed by atoms with E-state index in [1.807, 2.05) is 7.05 Å². The van der Waals surface area contributed by atoms with Gasteiger partial charge in [-0.25, -0.2) is 0 Å². The van der Waals surface area contributed by atoms with Crippen LogP contribution in [0.4, 0.5) is 0 Å². The number of hydrogen-bond donors (Lipinski definition) is 1. The highest BCUT2D eigenvalue weighted by Gasteiger charge is 2.28. The second kappa shape index (κ2) is 5.50. The maximum atomic E-state index is 11.8. The molecule has 0 aromatic heterocycles. The van der Waals surface area contributed by atoms with Crippen molar-refractivity contribution in [1.82, 2.24) is 5.32 Å². The minimum absolute atomic E-state index is 0.349. The molecule has 0 spiro atoms. The normalized spacial score (nSPS) is 32.9. The van der Waals surface area contributed by atoms with Crippen LogP contribution in [-0.2, 0) is 4.79 Å². The number of carbonyl (C=O) groups is 1. The fourth-order valence-electron chi connectivity index (χ4n) is 2.66. The Morgan fingerprint density at radius 3 is 2.29 bits per heavy atom. The molecule has 1 rings (SSSR count). The molecule has 2 unspecified atom stereocenters. The molecule has 1 aliphatic carbocycles. The molecule has 0 amide bonds. The highest BCUT2D eigenvalue weighted by molar-refractivity contribution is 5.81. The lowest BCUT2D eigenvalue weighted by Crippen LogP contribution is -2.27. The van der Waals surface area contributed by atoms with Gasteiger partial charge in [0.1, 0.15) is 5.78 Å². The van der Waals surface area contributed by atoms with E-state index in [4.69, 9.17) is 0 Å². The van der Waals surface area contributed by atoms with Gasteiger partial charge >= 0.3 is 0 Å². The minimum atomic E-state index is 0.349. The van der Waals surface area contributed by atoms with E-state index in [0.717, 1.165) is 31.2 Å². The van der Waals surface area contributed by atoms with Crippen LogP contribution in [0.1, 0.15) is 39.5 Å². The highest BCUT2D eigenvalue weighted by atomic mass is 16.1. The van der Waals surface area contributed by atoms with Gasteiger partial charge < -0.3 is 5.32 Å². The maximum Gasteiger partial charge on any atom is 0.137 e. The van der Waals surface area contributed by atoms with E-state index >= 15 is 0 Å². The SMILES string of the molecule is CNCCC(=O)C1CC(C)CC(C)C1. The quantitative estimate of drug-likeness (QED) is 0.749. The molecule has 2 heteroatoms. The molecule has 0 radical (unpaired) electrons. The van der Waals surface area contributed by atoms with Crippen LogP contribution in [0.2, 0.25) is 0 Å². The first kappa shape index (κ1) is 11.7. The first-order valence-electron chi connectivity index (χ1n) is 5.80. The number of carbonyl (C=O) groups excluding carboxylic acids is 1. The Kier molecular flexibility index (Phi) is 4.59. The monoisotopic (exact) mass is 197 g/mol. The van der Waals surface area contributed by atoms with Crippen LogP contribution >= 0.6 is 0 Å². The summed E-state index contributed by atoms with van der Waals surface area (Å²) in [4.78, 5) is 11.8. The van der Waals surface area contributed by atoms with Gasteiger partial charge in [0, 0.05) is 18.9 Å². The van der Waals surface area contributed by atoms with Crippen LogP contribution in [0, 0.1) is 17.8 Å². The molecule has 0 aromatic carbocycles. The summed E-state index contributed by atoms with van der Waals surface area (Å²) in [5.41, 5.74) is 0. The van der Waals surface area contributed by atoms with Crippen LogP contribution < -0.4 is 5.32 Å². The Morgan fingerprint density at radius 2 is 1.79 bits per heavy atom. The topological polar surface area (TPSA) is 29.1 Å². The summed E-state index contributed by atoms with van der Waals surface area (Å²) in [7, 11) is 1.90. The Bertz CT molecular complexity index is 181. The number of rotatable bonds is 4. The van der Waals surface area contributed by atoms with Gasteiger partial charge in [-0.05, 0) is 38.1 Å². The molecule has 1 N–H and O–H groups in total. The van der Waals surface area contributed by atoms with Crippen molar-refractivity contribution >= 4 is 5.78 Å². The lowest BCUT2D eigenvalue weighted by molar-refractivity contribution is -0.124. The summed E-state index contributed by atoms with van der Waals surface area (Å²) in [6, 6.07) is 0. The fraction of sp³-hybridized carbons (Fsp3) is 0.917. The van der Waals surface area contributed by atoms with E-state index in [2.05, 4.69) is 19.2 Å². The van der Waals surface area contributed by atoms with Gasteiger partial charge in [-0.3, -0.25) is 4.79 Å². The molecular weight excluding hydrogens is 174 g/mol. The predicted molar refractivity (Wildman–Crippen MR) is 59.2 cm³/mol. The van der Waals surface area contributed by atoms with Gasteiger partial charge in [0.15, 0.2) is 0 Å². The van der Waals surface area contributed by atoms with Gasteiger partial charge in [0.05, 0.1) is 0 Å². The van der Waals surface area contributed by atoms with Crippen molar-refractivity contribution in [3.05, 3.63) is 0 Å². The Morgan fingerprint density at radius 1 is 1.21 bits per heavy atom. The van der Waals surface area contributed by atoms with E-state index in [1.54, 1.807) is 0 Å². The summed E-state index contributed by atoms with van der Waals surface area (Å²) in [6.07, 6.45) is 4.25. The van der Waals surface area contributed by atoms with E-state index < -0.39 is 0 Å². The smallest absolute Gasteiger partial charge is 0.137 e. The van der Waals surface area contributed by atoms with Gasteiger partial charge in [0.2, 0.25) is 0 Å². The average Bonchev–Trinajstić information content (AvgIpc) is 2.12. The Balaban J connectivity index is 2.38. The largest absolute Gasteiger partial charge is 0.319 e. The Hall–Kier alpha value is -0.370. The molecular formula is C12H23NO. The fourth-order valence-corrected chi connectivity index (χ4v) is 2.66. The molecule has 14 heavy (non-hydrogen) atoms. The van der Waals surface area contributed by atoms with Crippen molar-refractivity contribution in [3.63, 3.8) is 0 Å². The van der Waals surface area contributed by atoms with Gasteiger partial charge in [-0.1, -0.05) is 13.8 Å². The predicted octanol–water partition coefficient (Wildman–Crippen LogP) is 2.24. The molecule has 0 aromatic rings. The molecule has 2 nitrogen and oxygen atoms in total. The van der Waals surface area contributed by atoms with Crippen molar-refractivity contribution in [2.24, 2.45) is 17.8 Å². The molecule has 0 heterocycles. The molecule has 0 bridgehead atoms. The number of hydrogen-bond acceptors (Lipinski definition) is 2. The van der Waals surface area contributed by atoms with Crippen LogP contribution in [0.5, 0.6) is 0 Å². The van der Waals surface area contributed by atoms with Crippen LogP contribution in [0.15, 0.2) is 0 Å². The number of Topliss-reactive ketones (excluding diaryl/α,β-unsaturated/α-hetero) is 1. The first-order chi connectivity index (χ1) is 6.63. The Labute approximate surface area is 87.5 Å². The van der Waals surface area contributed by atoms with E-state index in [-0.39, 0.29) is 0 Å². The summed E-state index contributed by atoms with van der Waals surface area (Å²) < 4.78 is 0. The molecule has 2 atom stereocenters. The van der Waals surface area contributed by atoms with Crippen LogP contribution in [0.3, 0.4) is 0 Å². The van der Waals surface area contributed by atoms with Gasteiger partial charge in [0.25, 0.3) is 0 Å². The average molecular weight is 197 g/mol. The van der Waals surface area contributed by atoms with Crippen molar-refractivity contribution < 1.29 is 4.79 Å². The van der Waals surface area contributed by atoms with Gasteiger partial charge in [-0.15, -0.1) is 0 Å². The molecule has 1 saturated carbocycles. The van der Waals surface area contributed by atoms with Crippen molar-refractivity contribution in [2.45, 2.75) is 39.5 Å². The van der Waals surface area contributed by atoms with Crippen LogP contribution in [-0.4, -0.2) is 19.4 Å². The van der Waals surface area contributed by atoms with E-state index in [1.165, 1.54) is 6.42 Å².